The van der Waals surface area contributed by atoms with Crippen molar-refractivity contribution in [1.82, 2.24) is 0 Å². The molecule has 0 aliphatic rings. The maximum atomic E-state index is 10.1. The van der Waals surface area contributed by atoms with Gasteiger partial charge < -0.3 is 15.2 Å². The highest BCUT2D eigenvalue weighted by molar-refractivity contribution is 7.52. The molecule has 0 rings (SSSR count). The standard InChI is InChI=1S/C2H6NO4P/c1-8(5,6)7-2(3)4/h1H3,(H2,3,4)(H,5,6). The molecule has 8 heavy (non-hydrogen) atoms. The van der Waals surface area contributed by atoms with Crippen molar-refractivity contribution in [2.45, 2.75) is 0 Å². The van der Waals surface area contributed by atoms with Crippen LogP contribution >= 0.6 is 7.60 Å². The van der Waals surface area contributed by atoms with Crippen molar-refractivity contribution in [3.8, 4) is 0 Å². The Labute approximate surface area is 46.0 Å². The summed E-state index contributed by atoms with van der Waals surface area (Å²) in [5, 5.41) is 0. The van der Waals surface area contributed by atoms with Crippen LogP contribution in [0, 0.1) is 0 Å². The molecule has 0 saturated heterocycles. The molecular weight excluding hydrogens is 133 g/mol. The van der Waals surface area contributed by atoms with Gasteiger partial charge in [-0.3, -0.25) is 0 Å². The van der Waals surface area contributed by atoms with Crippen LogP contribution in [0.15, 0.2) is 0 Å². The Morgan fingerprint density at radius 2 is 2.25 bits per heavy atom. The summed E-state index contributed by atoms with van der Waals surface area (Å²) in [6.45, 7) is 0.873. The number of hydrogen-bond donors (Lipinski definition) is 2. The van der Waals surface area contributed by atoms with Crippen LogP contribution in [-0.2, 0) is 9.09 Å². The van der Waals surface area contributed by atoms with E-state index in [-0.39, 0.29) is 0 Å². The first-order valence-electron chi connectivity index (χ1n) is 1.71. The third-order valence-electron chi connectivity index (χ3n) is 0.259. The highest BCUT2D eigenvalue weighted by Crippen LogP contribution is 2.35. The van der Waals surface area contributed by atoms with E-state index in [0.29, 0.717) is 0 Å². The Bertz CT molecular complexity index is 137. The fourth-order valence-electron chi connectivity index (χ4n) is 0.167. The molecule has 0 fully saturated rings. The SMILES string of the molecule is CP(=O)(O)OC(N)=O. The van der Waals surface area contributed by atoms with Gasteiger partial charge in [0.15, 0.2) is 0 Å². The molecule has 1 atom stereocenters. The molecule has 0 aromatic rings. The third-order valence-corrected chi connectivity index (χ3v) is 0.778. The zero-order valence-electron chi connectivity index (χ0n) is 4.20. The number of primary amides is 1. The number of hydrogen-bond acceptors (Lipinski definition) is 3. The van der Waals surface area contributed by atoms with Crippen LogP contribution in [-0.4, -0.2) is 17.7 Å². The smallest absolute Gasteiger partial charge is 0.375 e. The number of nitrogens with two attached hydrogens (primary N) is 1. The maximum Gasteiger partial charge on any atom is 0.411 e. The Morgan fingerprint density at radius 3 is 2.25 bits per heavy atom. The van der Waals surface area contributed by atoms with Gasteiger partial charge in [-0.15, -0.1) is 0 Å². The molecule has 0 heterocycles. The van der Waals surface area contributed by atoms with Gasteiger partial charge in [-0.2, -0.15) is 0 Å². The predicted molar refractivity (Wildman–Crippen MR) is 26.4 cm³/mol. The molecule has 3 N–H and O–H groups in total. The molecule has 0 saturated carbocycles. The molecule has 0 spiro atoms. The molecule has 0 aromatic heterocycles. The summed E-state index contributed by atoms with van der Waals surface area (Å²) in [6.07, 6.45) is -1.24. The van der Waals surface area contributed by atoms with Crippen LogP contribution < -0.4 is 5.73 Å². The largest absolute Gasteiger partial charge is 0.411 e. The number of carbonyl (C=O) groups is 1. The number of amides is 1. The average molecular weight is 139 g/mol. The first kappa shape index (κ1) is 7.46. The molecule has 1 amide bonds. The van der Waals surface area contributed by atoms with Gasteiger partial charge in [0.05, 0.1) is 0 Å². The highest BCUT2D eigenvalue weighted by atomic mass is 31.2. The highest BCUT2D eigenvalue weighted by Gasteiger charge is 2.12. The van der Waals surface area contributed by atoms with Crippen molar-refractivity contribution in [3.63, 3.8) is 0 Å². The van der Waals surface area contributed by atoms with Gasteiger partial charge in [0.25, 0.3) is 0 Å². The van der Waals surface area contributed by atoms with Crippen LogP contribution in [0.5, 0.6) is 0 Å². The van der Waals surface area contributed by atoms with Gasteiger partial charge in [0, 0.05) is 6.66 Å². The Morgan fingerprint density at radius 1 is 1.88 bits per heavy atom. The van der Waals surface area contributed by atoms with E-state index in [9.17, 15) is 9.36 Å². The van der Waals surface area contributed by atoms with Crippen LogP contribution in [0.3, 0.4) is 0 Å². The average Bonchev–Trinajstić information content (AvgIpc) is 1.21. The fraction of sp³-hybridized carbons (Fsp3) is 0.500. The van der Waals surface area contributed by atoms with Crippen molar-refractivity contribution in [2.75, 3.05) is 6.66 Å². The van der Waals surface area contributed by atoms with Gasteiger partial charge in [0.2, 0.25) is 0 Å². The van der Waals surface area contributed by atoms with E-state index in [1.807, 2.05) is 0 Å². The summed E-state index contributed by atoms with van der Waals surface area (Å²) < 4.78 is 13.7. The minimum atomic E-state index is -3.70. The van der Waals surface area contributed by atoms with Crippen molar-refractivity contribution < 1.29 is 18.8 Å². The normalized spacial score (nSPS) is 16.8. The van der Waals surface area contributed by atoms with Gasteiger partial charge in [0.1, 0.15) is 0 Å². The van der Waals surface area contributed by atoms with Gasteiger partial charge in [-0.1, -0.05) is 0 Å². The minimum Gasteiger partial charge on any atom is -0.375 e. The molecule has 6 heteroatoms. The second-order valence-electron chi connectivity index (χ2n) is 1.21. The summed E-state index contributed by atoms with van der Waals surface area (Å²) in [7, 11) is -3.70. The van der Waals surface area contributed by atoms with Crippen molar-refractivity contribution in [1.29, 1.82) is 0 Å². The van der Waals surface area contributed by atoms with Crippen LogP contribution in [0.2, 0.25) is 0 Å². The molecular formula is C2H6NO4P. The maximum absolute atomic E-state index is 10.1. The Hall–Kier alpha value is -0.540. The lowest BCUT2D eigenvalue weighted by atomic mass is 11.3. The lowest BCUT2D eigenvalue weighted by molar-refractivity contribution is 0.204. The number of rotatable bonds is 1. The van der Waals surface area contributed by atoms with E-state index in [1.165, 1.54) is 0 Å². The van der Waals surface area contributed by atoms with E-state index in [0.717, 1.165) is 6.66 Å². The molecule has 0 aliphatic carbocycles. The van der Waals surface area contributed by atoms with Gasteiger partial charge in [-0.05, 0) is 0 Å². The lowest BCUT2D eigenvalue weighted by Crippen LogP contribution is -2.10. The summed E-state index contributed by atoms with van der Waals surface area (Å²) in [6, 6.07) is 0. The molecule has 1 unspecified atom stereocenters. The van der Waals surface area contributed by atoms with Crippen LogP contribution in [0.25, 0.3) is 0 Å². The Balaban J connectivity index is 3.74. The minimum absolute atomic E-state index is 0.873. The summed E-state index contributed by atoms with van der Waals surface area (Å²) in [4.78, 5) is 17.9. The van der Waals surface area contributed by atoms with Crippen molar-refractivity contribution >= 4 is 13.7 Å². The number of carbonyl (C=O) groups excluding carboxylic acids is 1. The zero-order valence-corrected chi connectivity index (χ0v) is 5.09. The topological polar surface area (TPSA) is 89.6 Å². The third kappa shape index (κ3) is 5.46. The van der Waals surface area contributed by atoms with E-state index in [2.05, 4.69) is 10.3 Å². The Kier molecular flexibility index (Phi) is 2.01. The lowest BCUT2D eigenvalue weighted by Gasteiger charge is -2.00. The molecule has 0 radical (unpaired) electrons. The second-order valence-corrected chi connectivity index (χ2v) is 3.00. The molecule has 0 aromatic carbocycles. The first-order valence-corrected chi connectivity index (χ1v) is 3.73. The van der Waals surface area contributed by atoms with Gasteiger partial charge in [-0.25, -0.2) is 9.36 Å². The molecule has 0 bridgehead atoms. The monoisotopic (exact) mass is 139 g/mol. The van der Waals surface area contributed by atoms with E-state index in [1.54, 1.807) is 0 Å². The summed E-state index contributed by atoms with van der Waals surface area (Å²) in [5.74, 6) is 0. The quantitative estimate of drug-likeness (QED) is 0.496. The summed E-state index contributed by atoms with van der Waals surface area (Å²) >= 11 is 0. The van der Waals surface area contributed by atoms with Gasteiger partial charge >= 0.3 is 13.7 Å². The van der Waals surface area contributed by atoms with Crippen molar-refractivity contribution in [3.05, 3.63) is 0 Å². The van der Waals surface area contributed by atoms with E-state index < -0.39 is 13.7 Å². The van der Waals surface area contributed by atoms with Crippen molar-refractivity contribution in [2.24, 2.45) is 5.73 Å². The fourth-order valence-corrected chi connectivity index (χ4v) is 0.501. The molecule has 5 nitrogen and oxygen atoms in total. The first-order chi connectivity index (χ1) is 3.42. The zero-order chi connectivity index (χ0) is 6.78. The van der Waals surface area contributed by atoms with Crippen LogP contribution in [0.4, 0.5) is 4.79 Å². The molecule has 0 aliphatic heterocycles. The second kappa shape index (κ2) is 2.15. The van der Waals surface area contributed by atoms with Crippen LogP contribution in [0.1, 0.15) is 0 Å². The van der Waals surface area contributed by atoms with E-state index in [4.69, 9.17) is 4.89 Å². The summed E-state index contributed by atoms with van der Waals surface area (Å²) in [5.41, 5.74) is 4.39. The van der Waals surface area contributed by atoms with E-state index >= 15 is 0 Å². The molecule has 48 valence electrons. The predicted octanol–water partition coefficient (Wildman–Crippen LogP) is -0.103.